The van der Waals surface area contributed by atoms with Crippen LogP contribution in [0.4, 0.5) is 5.69 Å². The van der Waals surface area contributed by atoms with E-state index in [1.54, 1.807) is 6.07 Å². The van der Waals surface area contributed by atoms with Crippen molar-refractivity contribution in [2.24, 2.45) is 0 Å². The molecule has 2 aromatic rings. The lowest BCUT2D eigenvalue weighted by atomic mass is 9.98. The zero-order chi connectivity index (χ0) is 17.6. The first-order valence-corrected chi connectivity index (χ1v) is 6.86. The van der Waals surface area contributed by atoms with Crippen molar-refractivity contribution in [1.82, 2.24) is 9.78 Å². The van der Waals surface area contributed by atoms with Gasteiger partial charge in [-0.05, 0) is 0 Å². The number of aromatic nitrogens is 2. The maximum Gasteiger partial charge on any atom is 0.335 e. The van der Waals surface area contributed by atoms with E-state index in [0.717, 1.165) is 4.68 Å². The molecule has 11 heteroatoms. The third kappa shape index (κ3) is 2.39. The molecule has 1 aliphatic heterocycles. The van der Waals surface area contributed by atoms with Gasteiger partial charge in [0.1, 0.15) is 23.8 Å². The van der Waals surface area contributed by atoms with Gasteiger partial charge in [0.2, 0.25) is 0 Å². The van der Waals surface area contributed by atoms with Gasteiger partial charge in [0.25, 0.3) is 5.69 Å². The summed E-state index contributed by atoms with van der Waals surface area (Å²) in [5, 5.41) is 54.2. The van der Waals surface area contributed by atoms with Gasteiger partial charge < -0.3 is 25.2 Å². The Morgan fingerprint density at radius 2 is 1.96 bits per heavy atom. The Hall–Kier alpha value is -2.60. The molecule has 1 aromatic heterocycles. The molecule has 0 radical (unpaired) electrons. The minimum absolute atomic E-state index is 0.000668. The monoisotopic (exact) mass is 339 g/mol. The van der Waals surface area contributed by atoms with Crippen LogP contribution in [0.1, 0.15) is 6.23 Å². The minimum Gasteiger partial charge on any atom is -0.479 e. The maximum atomic E-state index is 11.2. The van der Waals surface area contributed by atoms with Gasteiger partial charge in [-0.3, -0.25) is 10.1 Å². The molecule has 1 saturated heterocycles. The van der Waals surface area contributed by atoms with Crippen molar-refractivity contribution in [3.05, 3.63) is 34.5 Å². The van der Waals surface area contributed by atoms with Gasteiger partial charge in [0.05, 0.1) is 11.1 Å². The predicted molar refractivity (Wildman–Crippen MR) is 76.0 cm³/mol. The largest absolute Gasteiger partial charge is 0.479 e. The minimum atomic E-state index is -1.86. The molecule has 24 heavy (non-hydrogen) atoms. The second kappa shape index (κ2) is 5.79. The van der Waals surface area contributed by atoms with Crippen LogP contribution >= 0.6 is 0 Å². The average Bonchev–Trinajstić information content (AvgIpc) is 2.96. The lowest BCUT2D eigenvalue weighted by molar-refractivity contribution is -0.383. The predicted octanol–water partition coefficient (Wildman–Crippen LogP) is -0.991. The molecule has 4 N–H and O–H groups in total. The summed E-state index contributed by atoms with van der Waals surface area (Å²) in [6.45, 7) is 0. The van der Waals surface area contributed by atoms with Gasteiger partial charge >= 0.3 is 5.97 Å². The van der Waals surface area contributed by atoms with Crippen LogP contribution in [0.2, 0.25) is 0 Å². The molecule has 1 aliphatic rings. The number of para-hydroxylation sites is 1. The van der Waals surface area contributed by atoms with E-state index in [-0.39, 0.29) is 11.2 Å². The number of nitrogens with zero attached hydrogens (tertiary/aromatic N) is 3. The molecule has 11 nitrogen and oxygen atoms in total. The second-order valence-corrected chi connectivity index (χ2v) is 5.32. The Balaban J connectivity index is 2.12. The Bertz CT molecular complexity index is 806. The smallest absolute Gasteiger partial charge is 0.335 e. The summed E-state index contributed by atoms with van der Waals surface area (Å²) in [5.74, 6) is -1.55. The standard InChI is InChI=1S/C13H13N3O8/c17-8-9(18)11(13(20)21)24-12(10(8)19)15-7-5(4-14-15)2-1-3-6(7)16(22)23/h1-4,8-12,17-19H,(H,20,21). The van der Waals surface area contributed by atoms with Gasteiger partial charge in [-0.15, -0.1) is 0 Å². The van der Waals surface area contributed by atoms with Gasteiger partial charge in [0, 0.05) is 11.5 Å². The van der Waals surface area contributed by atoms with Crippen LogP contribution in [0.15, 0.2) is 24.4 Å². The molecule has 1 aromatic carbocycles. The summed E-state index contributed by atoms with van der Waals surface area (Å²) in [7, 11) is 0. The number of carboxylic acid groups (broad SMARTS) is 1. The molecule has 3 rings (SSSR count). The fraction of sp³-hybridized carbons (Fsp3) is 0.385. The Kier molecular flexibility index (Phi) is 3.93. The maximum absolute atomic E-state index is 11.2. The van der Waals surface area contributed by atoms with E-state index in [1.807, 2.05) is 0 Å². The van der Waals surface area contributed by atoms with Crippen LogP contribution in [0, 0.1) is 10.1 Å². The Morgan fingerprint density at radius 3 is 2.58 bits per heavy atom. The number of ether oxygens (including phenoxy) is 1. The Morgan fingerprint density at radius 1 is 1.25 bits per heavy atom. The summed E-state index contributed by atoms with van der Waals surface area (Å²) in [4.78, 5) is 21.7. The third-order valence-corrected chi connectivity index (χ3v) is 3.87. The number of aliphatic hydroxyl groups excluding tert-OH is 3. The van der Waals surface area contributed by atoms with Crippen molar-refractivity contribution in [2.45, 2.75) is 30.6 Å². The van der Waals surface area contributed by atoms with Crippen molar-refractivity contribution in [3.8, 4) is 0 Å². The van der Waals surface area contributed by atoms with Gasteiger partial charge in [-0.25, -0.2) is 9.48 Å². The number of rotatable bonds is 3. The molecule has 0 saturated carbocycles. The van der Waals surface area contributed by atoms with Crippen LogP contribution in [-0.4, -0.2) is 65.5 Å². The molecule has 5 atom stereocenters. The number of nitro benzene ring substituents is 1. The number of hydrogen-bond donors (Lipinski definition) is 4. The first kappa shape index (κ1) is 16.3. The molecule has 2 heterocycles. The fourth-order valence-electron chi connectivity index (χ4n) is 2.69. The fourth-order valence-corrected chi connectivity index (χ4v) is 2.69. The molecule has 128 valence electrons. The summed E-state index contributed by atoms with van der Waals surface area (Å²) in [5.41, 5.74) is -0.326. The number of nitro groups is 1. The van der Waals surface area contributed by atoms with Gasteiger partial charge in [-0.2, -0.15) is 5.10 Å². The number of non-ortho nitro benzene ring substituents is 1. The number of hydrogen-bond acceptors (Lipinski definition) is 8. The van der Waals surface area contributed by atoms with E-state index in [4.69, 9.17) is 9.84 Å². The van der Waals surface area contributed by atoms with Crippen LogP contribution in [0.25, 0.3) is 10.9 Å². The molecule has 5 unspecified atom stereocenters. The number of aliphatic carboxylic acids is 1. The van der Waals surface area contributed by atoms with Crippen molar-refractivity contribution >= 4 is 22.6 Å². The molecule has 0 bridgehead atoms. The van der Waals surface area contributed by atoms with E-state index < -0.39 is 41.5 Å². The highest BCUT2D eigenvalue weighted by molar-refractivity contribution is 5.87. The quantitative estimate of drug-likeness (QED) is 0.405. The highest BCUT2D eigenvalue weighted by Gasteiger charge is 2.48. The van der Waals surface area contributed by atoms with Crippen LogP contribution in [-0.2, 0) is 9.53 Å². The Labute approximate surface area is 133 Å². The topological polar surface area (TPSA) is 168 Å². The van der Waals surface area contributed by atoms with Crippen molar-refractivity contribution in [1.29, 1.82) is 0 Å². The molecule has 0 spiro atoms. The summed E-state index contributed by atoms with van der Waals surface area (Å²) >= 11 is 0. The lowest BCUT2D eigenvalue weighted by Crippen LogP contribution is -2.57. The first-order chi connectivity index (χ1) is 11.3. The van der Waals surface area contributed by atoms with Crippen LogP contribution in [0.3, 0.4) is 0 Å². The number of carbonyl (C=O) groups is 1. The molecule has 1 fully saturated rings. The number of aliphatic hydroxyl groups is 3. The molecular weight excluding hydrogens is 326 g/mol. The SMILES string of the molecule is O=C(O)C1OC(n2ncc3cccc([N+](=O)[O-])c32)C(O)C(O)C1O. The highest BCUT2D eigenvalue weighted by atomic mass is 16.6. The zero-order valence-corrected chi connectivity index (χ0v) is 12.0. The van der Waals surface area contributed by atoms with Crippen molar-refractivity contribution in [3.63, 3.8) is 0 Å². The van der Waals surface area contributed by atoms with E-state index in [1.165, 1.54) is 18.3 Å². The highest BCUT2D eigenvalue weighted by Crippen LogP contribution is 2.33. The average molecular weight is 339 g/mol. The van der Waals surface area contributed by atoms with Crippen molar-refractivity contribution < 1.29 is 34.9 Å². The third-order valence-electron chi connectivity index (χ3n) is 3.87. The molecular formula is C13H13N3O8. The molecule has 0 amide bonds. The van der Waals surface area contributed by atoms with Crippen LogP contribution < -0.4 is 0 Å². The van der Waals surface area contributed by atoms with E-state index in [2.05, 4.69) is 5.10 Å². The zero-order valence-electron chi connectivity index (χ0n) is 12.0. The van der Waals surface area contributed by atoms with E-state index >= 15 is 0 Å². The lowest BCUT2D eigenvalue weighted by Gasteiger charge is -2.38. The van der Waals surface area contributed by atoms with Crippen LogP contribution in [0.5, 0.6) is 0 Å². The van der Waals surface area contributed by atoms with Crippen molar-refractivity contribution in [2.75, 3.05) is 0 Å². The normalized spacial score (nSPS) is 30.4. The summed E-state index contributed by atoms with van der Waals surface area (Å²) in [6.07, 6.45) is -7.49. The number of fused-ring (bicyclic) bond motifs is 1. The second-order valence-electron chi connectivity index (χ2n) is 5.32. The number of benzene rings is 1. The van der Waals surface area contributed by atoms with Gasteiger partial charge in [-0.1, -0.05) is 12.1 Å². The molecule has 0 aliphatic carbocycles. The first-order valence-electron chi connectivity index (χ1n) is 6.86. The summed E-state index contributed by atoms with van der Waals surface area (Å²) < 4.78 is 6.08. The van der Waals surface area contributed by atoms with E-state index in [9.17, 15) is 30.2 Å². The number of carboxylic acids is 1. The van der Waals surface area contributed by atoms with Gasteiger partial charge in [0.15, 0.2) is 12.3 Å². The van der Waals surface area contributed by atoms with E-state index in [0.29, 0.717) is 5.39 Å². The summed E-state index contributed by atoms with van der Waals surface area (Å²) in [6, 6.07) is 4.21.